The lowest BCUT2D eigenvalue weighted by molar-refractivity contribution is 0.0690. The Hall–Kier alpha value is -2.21. The van der Waals surface area contributed by atoms with Gasteiger partial charge in [-0.15, -0.1) is 0 Å². The van der Waals surface area contributed by atoms with Crippen molar-refractivity contribution in [3.8, 4) is 22.8 Å². The van der Waals surface area contributed by atoms with Gasteiger partial charge >= 0.3 is 5.97 Å². The van der Waals surface area contributed by atoms with Gasteiger partial charge in [-0.2, -0.15) is 5.10 Å². The van der Waals surface area contributed by atoms with Gasteiger partial charge in [0, 0.05) is 11.1 Å². The van der Waals surface area contributed by atoms with Gasteiger partial charge in [0.15, 0.2) is 11.5 Å². The van der Waals surface area contributed by atoms with Crippen molar-refractivity contribution >= 4 is 17.6 Å². The van der Waals surface area contributed by atoms with E-state index in [0.29, 0.717) is 41.0 Å². The van der Waals surface area contributed by atoms with Crippen LogP contribution in [0.4, 0.5) is 0 Å². The number of nitrogens with one attached hydrogen (secondary N) is 1. The maximum absolute atomic E-state index is 10.9. The molecule has 3 rings (SSSR count). The Morgan fingerprint density at radius 3 is 2.85 bits per heavy atom. The molecule has 0 fully saturated rings. The lowest BCUT2D eigenvalue weighted by Gasteiger charge is -2.22. The molecular weight excluding hydrogens is 284 g/mol. The minimum absolute atomic E-state index is 0.00334. The van der Waals surface area contributed by atoms with Crippen LogP contribution in [0.5, 0.6) is 11.5 Å². The molecule has 1 aromatic carbocycles. The normalized spacial score (nSPS) is 13.3. The van der Waals surface area contributed by atoms with Gasteiger partial charge in [-0.3, -0.25) is 5.10 Å². The first kappa shape index (κ1) is 12.8. The summed E-state index contributed by atoms with van der Waals surface area (Å²) in [5.41, 5.74) is 1.81. The molecule has 0 radical (unpaired) electrons. The van der Waals surface area contributed by atoms with Crippen LogP contribution in [0.1, 0.15) is 16.1 Å². The molecule has 6 nitrogen and oxygen atoms in total. The second kappa shape index (κ2) is 4.72. The molecular formula is C13H11ClN2O4. The predicted octanol–water partition coefficient (Wildman–Crippen LogP) is 2.51. The number of aromatic amines is 1. The summed E-state index contributed by atoms with van der Waals surface area (Å²) in [7, 11) is 0. The first-order chi connectivity index (χ1) is 9.58. The van der Waals surface area contributed by atoms with Crippen molar-refractivity contribution in [2.75, 3.05) is 13.2 Å². The van der Waals surface area contributed by atoms with Gasteiger partial charge in [0.2, 0.25) is 0 Å². The van der Waals surface area contributed by atoms with E-state index < -0.39 is 5.97 Å². The van der Waals surface area contributed by atoms with Crippen LogP contribution < -0.4 is 9.47 Å². The highest BCUT2D eigenvalue weighted by Gasteiger charge is 2.22. The van der Waals surface area contributed by atoms with Gasteiger partial charge in [-0.05, 0) is 19.1 Å². The van der Waals surface area contributed by atoms with Gasteiger partial charge in [-0.25, -0.2) is 4.79 Å². The topological polar surface area (TPSA) is 84.4 Å². The molecule has 20 heavy (non-hydrogen) atoms. The summed E-state index contributed by atoms with van der Waals surface area (Å²) in [4.78, 5) is 10.9. The number of fused-ring (bicyclic) bond motifs is 1. The van der Waals surface area contributed by atoms with Crippen molar-refractivity contribution in [1.29, 1.82) is 0 Å². The van der Waals surface area contributed by atoms with Gasteiger partial charge in [0.25, 0.3) is 0 Å². The van der Waals surface area contributed by atoms with Crippen molar-refractivity contribution in [1.82, 2.24) is 10.2 Å². The van der Waals surface area contributed by atoms with E-state index in [1.807, 2.05) is 6.92 Å². The summed E-state index contributed by atoms with van der Waals surface area (Å²) in [6.45, 7) is 2.77. The molecule has 2 N–H and O–H groups in total. The maximum Gasteiger partial charge on any atom is 0.353 e. The zero-order valence-corrected chi connectivity index (χ0v) is 11.3. The van der Waals surface area contributed by atoms with Crippen LogP contribution in [-0.4, -0.2) is 34.5 Å². The second-order valence-corrected chi connectivity index (χ2v) is 4.74. The molecule has 0 atom stereocenters. The molecule has 0 amide bonds. The summed E-state index contributed by atoms with van der Waals surface area (Å²) in [5, 5.41) is 15.8. The number of carbonyl (C=O) groups is 1. The number of hydrogen-bond donors (Lipinski definition) is 2. The molecule has 0 aliphatic carbocycles. The number of aromatic carboxylic acids is 1. The lowest BCUT2D eigenvalue weighted by Crippen LogP contribution is -2.16. The number of H-pyrrole nitrogens is 1. The Balaban J connectivity index is 2.13. The molecule has 104 valence electrons. The number of halogens is 1. The number of hydrogen-bond acceptors (Lipinski definition) is 4. The van der Waals surface area contributed by atoms with Crippen molar-refractivity contribution in [3.63, 3.8) is 0 Å². The number of benzene rings is 1. The van der Waals surface area contributed by atoms with E-state index in [-0.39, 0.29) is 5.69 Å². The highest BCUT2D eigenvalue weighted by Crippen LogP contribution is 2.43. The Labute approximate surface area is 119 Å². The molecule has 2 heterocycles. The van der Waals surface area contributed by atoms with Gasteiger partial charge in [-0.1, -0.05) is 11.6 Å². The van der Waals surface area contributed by atoms with E-state index in [1.54, 1.807) is 6.07 Å². The zero-order chi connectivity index (χ0) is 14.3. The summed E-state index contributed by atoms with van der Waals surface area (Å²) in [5.74, 6) is 0.140. The summed E-state index contributed by atoms with van der Waals surface area (Å²) in [6.07, 6.45) is 0. The largest absolute Gasteiger partial charge is 0.486 e. The third-order valence-corrected chi connectivity index (χ3v) is 3.56. The number of ether oxygens (including phenoxy) is 2. The molecule has 7 heteroatoms. The van der Waals surface area contributed by atoms with E-state index in [0.717, 1.165) is 5.56 Å². The van der Waals surface area contributed by atoms with Crippen molar-refractivity contribution < 1.29 is 19.4 Å². The van der Waals surface area contributed by atoms with E-state index >= 15 is 0 Å². The van der Waals surface area contributed by atoms with Crippen molar-refractivity contribution in [2.45, 2.75) is 6.92 Å². The molecule has 0 saturated carbocycles. The third kappa shape index (κ3) is 1.98. The van der Waals surface area contributed by atoms with Crippen LogP contribution in [0.15, 0.2) is 12.1 Å². The van der Waals surface area contributed by atoms with Gasteiger partial charge in [0.05, 0.1) is 10.7 Å². The monoisotopic (exact) mass is 294 g/mol. The quantitative estimate of drug-likeness (QED) is 0.889. The van der Waals surface area contributed by atoms with E-state index in [4.69, 9.17) is 26.2 Å². The summed E-state index contributed by atoms with van der Waals surface area (Å²) in [6, 6.07) is 3.14. The number of carboxylic acid groups (broad SMARTS) is 1. The lowest BCUT2D eigenvalue weighted by atomic mass is 10.1. The van der Waals surface area contributed by atoms with E-state index in [9.17, 15) is 4.79 Å². The average Bonchev–Trinajstić information content (AvgIpc) is 2.92. The highest BCUT2D eigenvalue weighted by molar-refractivity contribution is 6.34. The van der Waals surface area contributed by atoms with Crippen LogP contribution in [0, 0.1) is 6.92 Å². The average molecular weight is 295 g/mol. The minimum atomic E-state index is -1.07. The van der Waals surface area contributed by atoms with Crippen LogP contribution in [0.25, 0.3) is 11.3 Å². The standard InChI is InChI=1S/C13H11ClN2O4/c1-6-11(14)7(4-10-12(6)20-3-2-19-10)8-5-9(13(17)18)16-15-8/h4-5H,2-3H2,1H3,(H,15,16)(H,17,18). The fourth-order valence-corrected chi connectivity index (χ4v) is 2.32. The molecule has 0 saturated heterocycles. The molecule has 1 aromatic heterocycles. The zero-order valence-electron chi connectivity index (χ0n) is 10.6. The molecule has 0 bridgehead atoms. The van der Waals surface area contributed by atoms with Gasteiger partial charge < -0.3 is 14.6 Å². The number of carboxylic acids is 1. The first-order valence-electron chi connectivity index (χ1n) is 5.95. The molecule has 0 unspecified atom stereocenters. The van der Waals surface area contributed by atoms with E-state index in [2.05, 4.69) is 10.2 Å². The molecule has 2 aromatic rings. The van der Waals surface area contributed by atoms with Crippen molar-refractivity contribution in [2.24, 2.45) is 0 Å². The smallest absolute Gasteiger partial charge is 0.353 e. The van der Waals surface area contributed by atoms with Crippen LogP contribution in [-0.2, 0) is 0 Å². The fraction of sp³-hybridized carbons (Fsp3) is 0.231. The highest BCUT2D eigenvalue weighted by atomic mass is 35.5. The summed E-state index contributed by atoms with van der Waals surface area (Å²) < 4.78 is 11.1. The predicted molar refractivity (Wildman–Crippen MR) is 71.7 cm³/mol. The number of rotatable bonds is 2. The first-order valence-corrected chi connectivity index (χ1v) is 6.33. The van der Waals surface area contributed by atoms with Crippen LogP contribution >= 0.6 is 11.6 Å². The molecule has 1 aliphatic heterocycles. The second-order valence-electron chi connectivity index (χ2n) is 4.36. The van der Waals surface area contributed by atoms with Crippen LogP contribution in [0.2, 0.25) is 5.02 Å². The maximum atomic E-state index is 10.9. The number of aromatic nitrogens is 2. The van der Waals surface area contributed by atoms with E-state index in [1.165, 1.54) is 6.07 Å². The number of nitrogens with zero attached hydrogens (tertiary/aromatic N) is 1. The Bertz CT molecular complexity index is 696. The minimum Gasteiger partial charge on any atom is -0.486 e. The van der Waals surface area contributed by atoms with Crippen LogP contribution in [0.3, 0.4) is 0 Å². The van der Waals surface area contributed by atoms with Gasteiger partial charge in [0.1, 0.15) is 18.9 Å². The Kier molecular flexibility index (Phi) is 3.02. The molecule has 0 spiro atoms. The summed E-state index contributed by atoms with van der Waals surface area (Å²) >= 11 is 6.32. The fourth-order valence-electron chi connectivity index (χ4n) is 2.08. The third-order valence-electron chi connectivity index (χ3n) is 3.08. The Morgan fingerprint density at radius 1 is 1.40 bits per heavy atom. The van der Waals surface area contributed by atoms with Crippen molar-refractivity contribution in [3.05, 3.63) is 28.4 Å². The molecule has 1 aliphatic rings. The Morgan fingerprint density at radius 2 is 2.15 bits per heavy atom. The SMILES string of the molecule is Cc1c(Cl)c(-c2cc(C(=O)O)[nH]n2)cc2c1OCCO2.